The summed E-state index contributed by atoms with van der Waals surface area (Å²) in [6.07, 6.45) is 6.43. The topological polar surface area (TPSA) is 38.8 Å². The van der Waals surface area contributed by atoms with Gasteiger partial charge in [0.2, 0.25) is 0 Å². The number of hydrogen-bond acceptors (Lipinski definition) is 3. The van der Waals surface area contributed by atoms with Gasteiger partial charge in [-0.25, -0.2) is 0 Å². The van der Waals surface area contributed by atoms with E-state index in [9.17, 15) is 4.79 Å². The number of piperidine rings is 1. The summed E-state index contributed by atoms with van der Waals surface area (Å²) < 4.78 is 11.8. The number of benzene rings is 1. The van der Waals surface area contributed by atoms with Crippen molar-refractivity contribution in [1.29, 1.82) is 0 Å². The second kappa shape index (κ2) is 7.77. The van der Waals surface area contributed by atoms with E-state index in [4.69, 9.17) is 9.47 Å². The molecule has 24 heavy (non-hydrogen) atoms. The van der Waals surface area contributed by atoms with Crippen molar-refractivity contribution in [1.82, 2.24) is 4.90 Å². The van der Waals surface area contributed by atoms with Crippen LogP contribution in [0.5, 0.6) is 11.5 Å². The van der Waals surface area contributed by atoms with Crippen LogP contribution < -0.4 is 9.47 Å². The van der Waals surface area contributed by atoms with Crippen molar-refractivity contribution >= 4 is 21.8 Å². The van der Waals surface area contributed by atoms with E-state index in [1.54, 1.807) is 7.11 Å². The summed E-state index contributed by atoms with van der Waals surface area (Å²) >= 11 is 3.50. The normalized spacial score (nSPS) is 23.5. The lowest BCUT2D eigenvalue weighted by Crippen LogP contribution is -2.44. The Bertz CT molecular complexity index is 605. The third-order valence-electron chi connectivity index (χ3n) is 5.34. The van der Waals surface area contributed by atoms with Gasteiger partial charge in [-0.2, -0.15) is 0 Å². The van der Waals surface area contributed by atoms with E-state index in [0.29, 0.717) is 29.6 Å². The van der Waals surface area contributed by atoms with Gasteiger partial charge in [0, 0.05) is 18.7 Å². The number of hydrogen-bond donors (Lipinski definition) is 0. The van der Waals surface area contributed by atoms with Crippen LogP contribution in [0.3, 0.4) is 0 Å². The molecule has 2 fully saturated rings. The Balaban J connectivity index is 1.79. The predicted octanol–water partition coefficient (Wildman–Crippen LogP) is 4.51. The predicted molar refractivity (Wildman–Crippen MR) is 97.8 cm³/mol. The highest BCUT2D eigenvalue weighted by Gasteiger charge is 2.33. The average Bonchev–Trinajstić information content (AvgIpc) is 2.60. The Morgan fingerprint density at radius 2 is 2.00 bits per heavy atom. The minimum absolute atomic E-state index is 0.100. The van der Waals surface area contributed by atoms with Crippen molar-refractivity contribution < 1.29 is 14.3 Å². The lowest BCUT2D eigenvalue weighted by atomic mass is 9.75. The van der Waals surface area contributed by atoms with Gasteiger partial charge in [0.1, 0.15) is 0 Å². The maximum absolute atomic E-state index is 13.0. The Morgan fingerprint density at radius 1 is 1.25 bits per heavy atom. The van der Waals surface area contributed by atoms with E-state index in [1.807, 2.05) is 24.0 Å². The molecular weight excluding hydrogens is 370 g/mol. The average molecular weight is 396 g/mol. The summed E-state index contributed by atoms with van der Waals surface area (Å²) in [7, 11) is 1.61. The van der Waals surface area contributed by atoms with Gasteiger partial charge in [0.15, 0.2) is 11.5 Å². The smallest absolute Gasteiger partial charge is 0.254 e. The van der Waals surface area contributed by atoms with Crippen LogP contribution in [-0.2, 0) is 0 Å². The van der Waals surface area contributed by atoms with Crippen molar-refractivity contribution in [3.05, 3.63) is 22.2 Å². The Hall–Kier alpha value is -1.23. The lowest BCUT2D eigenvalue weighted by Gasteiger charge is -2.41. The molecule has 2 aliphatic rings. The summed E-state index contributed by atoms with van der Waals surface area (Å²) in [6.45, 7) is 4.23. The van der Waals surface area contributed by atoms with Crippen LogP contribution in [0.15, 0.2) is 16.6 Å². The largest absolute Gasteiger partial charge is 0.492 e. The first-order valence-electron chi connectivity index (χ1n) is 8.93. The number of nitrogens with zero attached hydrogens (tertiary/aromatic N) is 1. The Kier molecular flexibility index (Phi) is 5.69. The van der Waals surface area contributed by atoms with Gasteiger partial charge in [-0.05, 0) is 59.7 Å². The molecule has 3 rings (SSSR count). The van der Waals surface area contributed by atoms with Gasteiger partial charge < -0.3 is 14.4 Å². The highest BCUT2D eigenvalue weighted by Crippen LogP contribution is 2.39. The zero-order chi connectivity index (χ0) is 17.1. The summed E-state index contributed by atoms with van der Waals surface area (Å²) in [5.74, 6) is 2.86. The van der Waals surface area contributed by atoms with Gasteiger partial charge in [-0.1, -0.05) is 19.3 Å². The van der Waals surface area contributed by atoms with Crippen LogP contribution in [0, 0.1) is 11.8 Å². The summed E-state index contributed by atoms with van der Waals surface area (Å²) in [5.41, 5.74) is 0.667. The Labute approximate surface area is 152 Å². The van der Waals surface area contributed by atoms with E-state index in [0.717, 1.165) is 29.9 Å². The number of methoxy groups -OCH3 is 1. The maximum atomic E-state index is 13.0. The van der Waals surface area contributed by atoms with Crippen LogP contribution in [0.25, 0.3) is 0 Å². The summed E-state index contributed by atoms with van der Waals surface area (Å²) in [6, 6.07) is 3.65. The monoisotopic (exact) mass is 395 g/mol. The molecule has 0 bridgehead atoms. The maximum Gasteiger partial charge on any atom is 0.254 e. The van der Waals surface area contributed by atoms with Gasteiger partial charge in [0.25, 0.3) is 5.91 Å². The van der Waals surface area contributed by atoms with Gasteiger partial charge >= 0.3 is 0 Å². The van der Waals surface area contributed by atoms with Crippen LogP contribution in [0.1, 0.15) is 49.4 Å². The number of halogens is 1. The fraction of sp³-hybridized carbons (Fsp3) is 0.632. The Morgan fingerprint density at radius 3 is 2.71 bits per heavy atom. The second-order valence-electron chi connectivity index (χ2n) is 6.77. The number of carbonyl (C=O) groups excluding carboxylic acids is 1. The van der Waals surface area contributed by atoms with Crippen molar-refractivity contribution in [3.8, 4) is 11.5 Å². The second-order valence-corrected chi connectivity index (χ2v) is 7.62. The van der Waals surface area contributed by atoms with E-state index in [1.165, 1.54) is 25.7 Å². The van der Waals surface area contributed by atoms with E-state index in [2.05, 4.69) is 15.9 Å². The van der Waals surface area contributed by atoms with Gasteiger partial charge in [-0.15, -0.1) is 0 Å². The molecule has 5 heteroatoms. The molecule has 4 nitrogen and oxygen atoms in total. The van der Waals surface area contributed by atoms with Gasteiger partial charge in [-0.3, -0.25) is 4.79 Å². The minimum atomic E-state index is 0.100. The number of likely N-dealkylation sites (tertiary alicyclic amines) is 1. The molecule has 132 valence electrons. The van der Waals surface area contributed by atoms with Gasteiger partial charge in [0.05, 0.1) is 18.2 Å². The zero-order valence-electron chi connectivity index (χ0n) is 14.5. The number of rotatable bonds is 4. The molecule has 0 N–H and O–H groups in total. The number of ether oxygens (including phenoxy) is 2. The molecule has 1 aliphatic heterocycles. The number of carbonyl (C=O) groups is 1. The molecule has 1 aromatic carbocycles. The third-order valence-corrected chi connectivity index (χ3v) is 5.93. The quantitative estimate of drug-likeness (QED) is 0.752. The third kappa shape index (κ3) is 3.56. The zero-order valence-corrected chi connectivity index (χ0v) is 16.1. The highest BCUT2D eigenvalue weighted by molar-refractivity contribution is 9.10. The molecule has 1 heterocycles. The molecule has 0 spiro atoms. The van der Waals surface area contributed by atoms with E-state index in [-0.39, 0.29) is 5.91 Å². The molecule has 1 saturated carbocycles. The van der Waals surface area contributed by atoms with Crippen LogP contribution in [0.4, 0.5) is 0 Å². The van der Waals surface area contributed by atoms with E-state index >= 15 is 0 Å². The van der Waals surface area contributed by atoms with Crippen molar-refractivity contribution in [2.75, 3.05) is 26.8 Å². The van der Waals surface area contributed by atoms with Crippen LogP contribution in [-0.4, -0.2) is 37.6 Å². The first-order chi connectivity index (χ1) is 11.6. The fourth-order valence-corrected chi connectivity index (χ4v) is 4.72. The van der Waals surface area contributed by atoms with Crippen molar-refractivity contribution in [3.63, 3.8) is 0 Å². The molecule has 1 amide bonds. The van der Waals surface area contributed by atoms with Crippen LogP contribution >= 0.6 is 15.9 Å². The number of amides is 1. The first-order valence-corrected chi connectivity index (χ1v) is 9.73. The molecule has 2 unspecified atom stereocenters. The van der Waals surface area contributed by atoms with Crippen LogP contribution in [0.2, 0.25) is 0 Å². The number of fused-ring (bicyclic) bond motifs is 1. The lowest BCUT2D eigenvalue weighted by molar-refractivity contribution is 0.0520. The van der Waals surface area contributed by atoms with Crippen molar-refractivity contribution in [2.45, 2.75) is 39.0 Å². The molecular formula is C19H26BrNO3. The standard InChI is InChI=1S/C19H26BrNO3/c1-3-24-17-11-15(10-16(20)18(17)23-2)19(22)21-9-8-13-6-4-5-7-14(13)12-21/h10-11,13-14H,3-9,12H2,1-2H3. The SMILES string of the molecule is CCOc1cc(C(=O)N2CCC3CCCCC3C2)cc(Br)c1OC. The highest BCUT2D eigenvalue weighted by atomic mass is 79.9. The summed E-state index contributed by atoms with van der Waals surface area (Å²) in [5, 5.41) is 0. The molecule has 1 saturated heterocycles. The van der Waals surface area contributed by atoms with Crippen molar-refractivity contribution in [2.24, 2.45) is 11.8 Å². The molecule has 0 aromatic heterocycles. The summed E-state index contributed by atoms with van der Waals surface area (Å²) in [4.78, 5) is 15.0. The molecule has 1 aliphatic carbocycles. The molecule has 0 radical (unpaired) electrons. The van der Waals surface area contributed by atoms with E-state index < -0.39 is 0 Å². The molecule has 2 atom stereocenters. The first kappa shape index (κ1) is 17.6. The minimum Gasteiger partial charge on any atom is -0.492 e. The molecule has 1 aromatic rings. The fourth-order valence-electron chi connectivity index (χ4n) is 4.12.